The van der Waals surface area contributed by atoms with Crippen molar-refractivity contribution in [2.75, 3.05) is 0 Å². The van der Waals surface area contributed by atoms with Crippen LogP contribution in [0.3, 0.4) is 0 Å². The van der Waals surface area contributed by atoms with Gasteiger partial charge in [0.2, 0.25) is 10.0 Å². The van der Waals surface area contributed by atoms with Crippen LogP contribution in [0.1, 0.15) is 25.3 Å². The highest BCUT2D eigenvalue weighted by Crippen LogP contribution is 2.36. The maximum Gasteiger partial charge on any atom is 0.329 e. The lowest BCUT2D eigenvalue weighted by Gasteiger charge is -2.13. The number of fused-ring (bicyclic) bond motifs is 1. The Bertz CT molecular complexity index is 1260. The van der Waals surface area contributed by atoms with E-state index in [9.17, 15) is 18.0 Å². The van der Waals surface area contributed by atoms with E-state index in [-0.39, 0.29) is 16.8 Å². The zero-order valence-corrected chi connectivity index (χ0v) is 15.7. The molecule has 0 saturated heterocycles. The molecule has 1 aromatic carbocycles. The van der Waals surface area contributed by atoms with Crippen molar-refractivity contribution in [2.24, 2.45) is 7.05 Å². The molecule has 2 aromatic heterocycles. The van der Waals surface area contributed by atoms with Crippen LogP contribution in [0.15, 0.2) is 45.1 Å². The van der Waals surface area contributed by atoms with Crippen LogP contribution in [-0.4, -0.2) is 33.3 Å². The second kappa shape index (κ2) is 5.89. The highest BCUT2D eigenvalue weighted by atomic mass is 32.2. The molecule has 0 atom stereocenters. The lowest BCUT2D eigenvalue weighted by molar-refractivity contribution is 0.558. The molecule has 3 aromatic rings. The van der Waals surface area contributed by atoms with Crippen molar-refractivity contribution in [3.63, 3.8) is 0 Å². The van der Waals surface area contributed by atoms with Gasteiger partial charge in [-0.05, 0) is 38.0 Å². The van der Waals surface area contributed by atoms with Crippen molar-refractivity contribution in [3.05, 3.63) is 57.0 Å². The first-order valence-electron chi connectivity index (χ1n) is 8.45. The lowest BCUT2D eigenvalue weighted by atomic mass is 10.2. The van der Waals surface area contributed by atoms with E-state index in [1.165, 1.54) is 18.2 Å². The summed E-state index contributed by atoms with van der Waals surface area (Å²) in [7, 11) is -2.01. The van der Waals surface area contributed by atoms with Crippen molar-refractivity contribution in [3.8, 4) is 0 Å². The summed E-state index contributed by atoms with van der Waals surface area (Å²) in [5.74, 6) is 0. The summed E-state index contributed by atoms with van der Waals surface area (Å²) in [6.45, 7) is 1.88. The fourth-order valence-corrected chi connectivity index (χ4v) is 4.44. The number of sulfonamides is 1. The van der Waals surface area contributed by atoms with Gasteiger partial charge in [0.15, 0.2) is 0 Å². The Labute approximate surface area is 154 Å². The van der Waals surface area contributed by atoms with Crippen molar-refractivity contribution in [1.29, 1.82) is 0 Å². The summed E-state index contributed by atoms with van der Waals surface area (Å²) in [6.07, 6.45) is 4.84. The van der Waals surface area contributed by atoms with Gasteiger partial charge in [-0.15, -0.1) is 0 Å². The van der Waals surface area contributed by atoms with Gasteiger partial charge in [-0.25, -0.2) is 17.9 Å². The van der Waals surface area contributed by atoms with Gasteiger partial charge in [0, 0.05) is 24.3 Å². The van der Waals surface area contributed by atoms with Gasteiger partial charge in [-0.1, -0.05) is 0 Å². The Balaban J connectivity index is 1.80. The molecule has 142 valence electrons. The predicted molar refractivity (Wildman–Crippen MR) is 99.1 cm³/mol. The smallest absolute Gasteiger partial charge is 0.307 e. The van der Waals surface area contributed by atoms with Crippen LogP contribution in [0.25, 0.3) is 10.9 Å². The van der Waals surface area contributed by atoms with E-state index >= 15 is 0 Å². The topological polar surface area (TPSA) is 119 Å². The molecule has 1 saturated carbocycles. The first kappa shape index (κ1) is 17.7. The van der Waals surface area contributed by atoms with E-state index in [4.69, 9.17) is 0 Å². The minimum absolute atomic E-state index is 0.000187. The number of aromatic nitrogens is 4. The van der Waals surface area contributed by atoms with Crippen LogP contribution in [0.4, 0.5) is 0 Å². The van der Waals surface area contributed by atoms with Crippen LogP contribution in [0, 0.1) is 0 Å². The highest BCUT2D eigenvalue weighted by Gasteiger charge is 2.41. The van der Waals surface area contributed by atoms with E-state index in [2.05, 4.69) is 14.8 Å². The molecule has 4 rings (SSSR count). The zero-order chi connectivity index (χ0) is 19.4. The molecular weight excluding hydrogens is 370 g/mol. The standard InChI is InChI=1S/C17H19N5O4S/c1-17(5-6-17)20-27(25,26)12-3-4-14-13(7-12)15(23)22(16(24)19-14)10-11-8-18-21(2)9-11/h3-4,7-9,20H,5-6,10H2,1-2H3,(H,19,24). The van der Waals surface area contributed by atoms with Crippen LogP contribution >= 0.6 is 0 Å². The maximum atomic E-state index is 12.8. The Hall–Kier alpha value is -2.72. The number of hydrogen-bond donors (Lipinski definition) is 2. The molecule has 0 radical (unpaired) electrons. The number of benzene rings is 1. The van der Waals surface area contributed by atoms with Crippen molar-refractivity contribution < 1.29 is 8.42 Å². The summed E-state index contributed by atoms with van der Waals surface area (Å²) in [5.41, 5.74) is -0.539. The van der Waals surface area contributed by atoms with Gasteiger partial charge >= 0.3 is 5.69 Å². The first-order valence-corrected chi connectivity index (χ1v) is 9.94. The predicted octanol–water partition coefficient (Wildman–Crippen LogP) is 0.302. The normalized spacial score (nSPS) is 15.9. The number of H-pyrrole nitrogens is 1. The first-order chi connectivity index (χ1) is 12.7. The quantitative estimate of drug-likeness (QED) is 0.651. The van der Waals surface area contributed by atoms with E-state index in [1.807, 2.05) is 6.92 Å². The Morgan fingerprint density at radius 1 is 1.30 bits per heavy atom. The summed E-state index contributed by atoms with van der Waals surface area (Å²) >= 11 is 0. The highest BCUT2D eigenvalue weighted by molar-refractivity contribution is 7.89. The maximum absolute atomic E-state index is 12.8. The number of aromatic amines is 1. The molecule has 1 aliphatic rings. The summed E-state index contributed by atoms with van der Waals surface area (Å²) in [4.78, 5) is 27.8. The Kier molecular flexibility index (Phi) is 3.86. The van der Waals surface area contributed by atoms with Crippen LogP contribution in [0.2, 0.25) is 0 Å². The second-order valence-corrected chi connectivity index (χ2v) is 8.90. The molecule has 0 unspecified atom stereocenters. The number of hydrogen-bond acceptors (Lipinski definition) is 5. The van der Waals surface area contributed by atoms with Gasteiger partial charge in [-0.3, -0.25) is 14.0 Å². The SMILES string of the molecule is Cn1cc(Cn2c(=O)[nH]c3ccc(S(=O)(=O)NC4(C)CC4)cc3c2=O)cn1. The molecule has 1 fully saturated rings. The third-order valence-electron chi connectivity index (χ3n) is 4.74. The number of nitrogens with zero attached hydrogens (tertiary/aromatic N) is 3. The van der Waals surface area contributed by atoms with E-state index in [1.54, 1.807) is 24.1 Å². The monoisotopic (exact) mass is 389 g/mol. The fraction of sp³-hybridized carbons (Fsp3) is 0.353. The molecule has 2 N–H and O–H groups in total. The molecule has 0 spiro atoms. The minimum atomic E-state index is -3.75. The van der Waals surface area contributed by atoms with Crippen LogP contribution in [0.5, 0.6) is 0 Å². The molecule has 0 amide bonds. The second-order valence-electron chi connectivity index (χ2n) is 7.22. The molecule has 27 heavy (non-hydrogen) atoms. The third kappa shape index (κ3) is 3.33. The number of aryl methyl sites for hydroxylation is 1. The summed E-state index contributed by atoms with van der Waals surface area (Å²) in [6, 6.07) is 4.13. The van der Waals surface area contributed by atoms with E-state index in [0.717, 1.165) is 17.4 Å². The summed E-state index contributed by atoms with van der Waals surface area (Å²) in [5, 5.41) is 4.16. The molecule has 10 heteroatoms. The van der Waals surface area contributed by atoms with Gasteiger partial charge in [0.25, 0.3) is 5.56 Å². The van der Waals surface area contributed by atoms with E-state index in [0.29, 0.717) is 11.1 Å². The molecule has 0 aliphatic heterocycles. The van der Waals surface area contributed by atoms with Crippen LogP contribution in [-0.2, 0) is 23.6 Å². The van der Waals surface area contributed by atoms with Crippen molar-refractivity contribution >= 4 is 20.9 Å². The number of rotatable bonds is 5. The minimum Gasteiger partial charge on any atom is -0.307 e. The third-order valence-corrected chi connectivity index (χ3v) is 6.38. The molecule has 0 bridgehead atoms. The average molecular weight is 389 g/mol. The van der Waals surface area contributed by atoms with Crippen LogP contribution < -0.4 is 16.0 Å². The van der Waals surface area contributed by atoms with Gasteiger partial charge in [0.1, 0.15) is 0 Å². The Morgan fingerprint density at radius 2 is 2.04 bits per heavy atom. The zero-order valence-electron chi connectivity index (χ0n) is 14.9. The molecule has 1 aliphatic carbocycles. The van der Waals surface area contributed by atoms with Crippen molar-refractivity contribution in [2.45, 2.75) is 36.7 Å². The lowest BCUT2D eigenvalue weighted by Crippen LogP contribution is -2.36. The van der Waals surface area contributed by atoms with Gasteiger partial charge in [0.05, 0.1) is 28.5 Å². The molecule has 2 heterocycles. The molecular formula is C17H19N5O4S. The average Bonchev–Trinajstić information content (AvgIpc) is 3.16. The van der Waals surface area contributed by atoms with Crippen molar-refractivity contribution in [1.82, 2.24) is 24.1 Å². The Morgan fingerprint density at radius 3 is 2.67 bits per heavy atom. The summed E-state index contributed by atoms with van der Waals surface area (Å²) < 4.78 is 30.4. The number of nitrogens with one attached hydrogen (secondary N) is 2. The largest absolute Gasteiger partial charge is 0.329 e. The fourth-order valence-electron chi connectivity index (χ4n) is 2.95. The van der Waals surface area contributed by atoms with Gasteiger partial charge in [-0.2, -0.15) is 5.10 Å². The van der Waals surface area contributed by atoms with E-state index < -0.39 is 26.8 Å². The van der Waals surface area contributed by atoms with Gasteiger partial charge < -0.3 is 4.98 Å². The molecule has 9 nitrogen and oxygen atoms in total.